The average Bonchev–Trinajstić information content (AvgIpc) is 2.98. The van der Waals surface area contributed by atoms with E-state index in [-0.39, 0.29) is 5.91 Å². The first-order valence-corrected chi connectivity index (χ1v) is 9.03. The lowest BCUT2D eigenvalue weighted by atomic mass is 9.84. The lowest BCUT2D eigenvalue weighted by Crippen LogP contribution is -2.43. The molecule has 2 saturated heterocycles. The number of carbonyl (C=O) groups is 2. The van der Waals surface area contributed by atoms with Crippen LogP contribution in [0.2, 0.25) is 0 Å². The predicted octanol–water partition coefficient (Wildman–Crippen LogP) is 1.39. The molecule has 1 atom stereocenters. The van der Waals surface area contributed by atoms with E-state index in [4.69, 9.17) is 5.73 Å². The molecule has 0 radical (unpaired) electrons. The fraction of sp³-hybridized carbons (Fsp3) is 0.526. The van der Waals surface area contributed by atoms with E-state index in [2.05, 4.69) is 9.89 Å². The van der Waals surface area contributed by atoms with Crippen molar-refractivity contribution in [2.75, 3.05) is 25.0 Å². The number of amides is 2. The molecule has 6 nitrogen and oxygen atoms in total. The zero-order valence-corrected chi connectivity index (χ0v) is 14.5. The van der Waals surface area contributed by atoms with Crippen LogP contribution in [0.1, 0.15) is 31.2 Å². The van der Waals surface area contributed by atoms with Gasteiger partial charge in [0.2, 0.25) is 6.04 Å². The third-order valence-electron chi connectivity index (χ3n) is 5.81. The predicted molar refractivity (Wildman–Crippen MR) is 96.4 cm³/mol. The normalized spacial score (nSPS) is 28.9. The molecule has 3 fully saturated rings. The van der Waals surface area contributed by atoms with Crippen molar-refractivity contribution in [3.8, 4) is 0 Å². The number of nitrogens with zero attached hydrogens (tertiary/aromatic N) is 3. The molecular weight excluding hydrogens is 316 g/mol. The number of carbonyl (C=O) groups excluding carboxylic acids is 2. The first-order valence-electron chi connectivity index (χ1n) is 9.03. The standard InChI is InChI=1S/C19H24N4O2/c1-22-15-5-3-2-4-14(15)18(21-16(17(20)24)19(22)25)23-10-12-6-7-13(11-23)9-8-12/h2-5,12-13,16H,6-11H2,1H3,(H2,20,24). The van der Waals surface area contributed by atoms with Gasteiger partial charge in [-0.2, -0.15) is 0 Å². The van der Waals surface area contributed by atoms with Crippen molar-refractivity contribution in [3.05, 3.63) is 29.8 Å². The summed E-state index contributed by atoms with van der Waals surface area (Å²) in [6, 6.07) is 6.57. The Labute approximate surface area is 147 Å². The molecule has 1 unspecified atom stereocenters. The van der Waals surface area contributed by atoms with Crippen LogP contribution in [0.3, 0.4) is 0 Å². The van der Waals surface area contributed by atoms with Crippen molar-refractivity contribution in [3.63, 3.8) is 0 Å². The van der Waals surface area contributed by atoms with Gasteiger partial charge in [0.15, 0.2) is 0 Å². The zero-order chi connectivity index (χ0) is 17.6. The maximum atomic E-state index is 12.7. The lowest BCUT2D eigenvalue weighted by molar-refractivity contribution is -0.127. The van der Waals surface area contributed by atoms with E-state index in [0.29, 0.717) is 11.8 Å². The Morgan fingerprint density at radius 1 is 1.12 bits per heavy atom. The smallest absolute Gasteiger partial charge is 0.261 e. The number of hydrogen-bond acceptors (Lipinski definition) is 4. The summed E-state index contributed by atoms with van der Waals surface area (Å²) in [5.74, 6) is 1.01. The number of anilines is 1. The molecule has 2 bridgehead atoms. The van der Waals surface area contributed by atoms with Gasteiger partial charge in [-0.05, 0) is 49.7 Å². The van der Waals surface area contributed by atoms with Crippen LogP contribution >= 0.6 is 0 Å². The zero-order valence-electron chi connectivity index (χ0n) is 14.5. The van der Waals surface area contributed by atoms with E-state index in [9.17, 15) is 9.59 Å². The Bertz CT molecular complexity index is 723. The fourth-order valence-electron chi connectivity index (χ4n) is 4.41. The quantitative estimate of drug-likeness (QED) is 0.785. The summed E-state index contributed by atoms with van der Waals surface area (Å²) in [5.41, 5.74) is 7.19. The highest BCUT2D eigenvalue weighted by atomic mass is 16.2. The SMILES string of the molecule is CN1C(=O)C(C(N)=O)N=C(N2CC3CCC(CC3)C2)c2ccccc21. The van der Waals surface area contributed by atoms with E-state index in [1.807, 2.05) is 24.3 Å². The molecule has 6 heteroatoms. The van der Waals surface area contributed by atoms with Crippen LogP contribution in [0.4, 0.5) is 5.69 Å². The molecule has 25 heavy (non-hydrogen) atoms. The van der Waals surface area contributed by atoms with Gasteiger partial charge < -0.3 is 15.5 Å². The highest BCUT2D eigenvalue weighted by molar-refractivity contribution is 6.18. The molecule has 2 amide bonds. The molecule has 0 spiro atoms. The van der Waals surface area contributed by atoms with Gasteiger partial charge in [-0.3, -0.25) is 9.59 Å². The van der Waals surface area contributed by atoms with E-state index >= 15 is 0 Å². The third kappa shape index (κ3) is 2.79. The van der Waals surface area contributed by atoms with E-state index in [1.54, 1.807) is 7.05 Å². The maximum absolute atomic E-state index is 12.7. The number of hydrogen-bond donors (Lipinski definition) is 1. The van der Waals surface area contributed by atoms with Gasteiger partial charge >= 0.3 is 0 Å². The monoisotopic (exact) mass is 340 g/mol. The molecule has 1 saturated carbocycles. The van der Waals surface area contributed by atoms with Crippen LogP contribution < -0.4 is 10.6 Å². The van der Waals surface area contributed by atoms with Crippen molar-refractivity contribution in [1.29, 1.82) is 0 Å². The van der Waals surface area contributed by atoms with Crippen molar-refractivity contribution in [1.82, 2.24) is 4.90 Å². The minimum atomic E-state index is -1.16. The first kappa shape index (κ1) is 16.1. The van der Waals surface area contributed by atoms with Crippen molar-refractivity contribution >= 4 is 23.3 Å². The summed E-state index contributed by atoms with van der Waals surface area (Å²) >= 11 is 0. The summed E-state index contributed by atoms with van der Waals surface area (Å²) in [7, 11) is 1.68. The Morgan fingerprint density at radius 3 is 2.32 bits per heavy atom. The van der Waals surface area contributed by atoms with Crippen LogP contribution in [0, 0.1) is 11.8 Å². The molecule has 1 aromatic carbocycles. The minimum Gasteiger partial charge on any atom is -0.367 e. The number of fused-ring (bicyclic) bond motifs is 5. The number of nitrogens with two attached hydrogens (primary N) is 1. The topological polar surface area (TPSA) is 79.0 Å². The molecule has 3 aliphatic heterocycles. The van der Waals surface area contributed by atoms with E-state index in [0.717, 1.165) is 30.2 Å². The molecule has 0 aromatic heterocycles. The second-order valence-corrected chi connectivity index (χ2v) is 7.46. The Kier molecular flexibility index (Phi) is 3.98. The van der Waals surface area contributed by atoms with Gasteiger partial charge in [0.05, 0.1) is 5.69 Å². The van der Waals surface area contributed by atoms with Crippen molar-refractivity contribution in [2.24, 2.45) is 22.6 Å². The largest absolute Gasteiger partial charge is 0.367 e. The van der Waals surface area contributed by atoms with Gasteiger partial charge in [-0.1, -0.05) is 12.1 Å². The molecule has 3 heterocycles. The molecule has 1 aliphatic carbocycles. The third-order valence-corrected chi connectivity index (χ3v) is 5.81. The number of benzene rings is 1. The number of primary amides is 1. The average molecular weight is 340 g/mol. The highest BCUT2D eigenvalue weighted by Gasteiger charge is 2.37. The highest BCUT2D eigenvalue weighted by Crippen LogP contribution is 2.36. The Morgan fingerprint density at radius 2 is 1.72 bits per heavy atom. The summed E-state index contributed by atoms with van der Waals surface area (Å²) < 4.78 is 0. The molecule has 132 valence electrons. The second-order valence-electron chi connectivity index (χ2n) is 7.46. The summed E-state index contributed by atoms with van der Waals surface area (Å²) in [6.45, 7) is 1.88. The van der Waals surface area contributed by atoms with Gasteiger partial charge in [0.1, 0.15) is 5.84 Å². The van der Waals surface area contributed by atoms with Crippen molar-refractivity contribution < 1.29 is 9.59 Å². The van der Waals surface area contributed by atoms with Crippen LogP contribution in [-0.4, -0.2) is 48.7 Å². The van der Waals surface area contributed by atoms with Crippen molar-refractivity contribution in [2.45, 2.75) is 31.7 Å². The maximum Gasteiger partial charge on any atom is 0.261 e. The number of benzodiazepines with no additional fused rings is 1. The lowest BCUT2D eigenvalue weighted by Gasteiger charge is -2.27. The van der Waals surface area contributed by atoms with Gasteiger partial charge in [0, 0.05) is 25.7 Å². The van der Waals surface area contributed by atoms with E-state index in [1.165, 1.54) is 30.6 Å². The number of aliphatic imine (C=N–C) groups is 1. The number of para-hydroxylation sites is 1. The van der Waals surface area contributed by atoms with Crippen LogP contribution in [-0.2, 0) is 9.59 Å². The summed E-state index contributed by atoms with van der Waals surface area (Å²) in [5, 5.41) is 0. The number of amidine groups is 1. The van der Waals surface area contributed by atoms with Gasteiger partial charge in [-0.25, -0.2) is 4.99 Å². The molecule has 1 aromatic rings. The van der Waals surface area contributed by atoms with Crippen LogP contribution in [0.15, 0.2) is 29.3 Å². The van der Waals surface area contributed by atoms with Gasteiger partial charge in [0.25, 0.3) is 11.8 Å². The number of rotatable bonds is 1. The summed E-state index contributed by atoms with van der Waals surface area (Å²) in [6.07, 6.45) is 5.03. The van der Waals surface area contributed by atoms with Crippen LogP contribution in [0.5, 0.6) is 0 Å². The fourth-order valence-corrected chi connectivity index (χ4v) is 4.41. The molecule has 5 rings (SSSR count). The van der Waals surface area contributed by atoms with Crippen LogP contribution in [0.25, 0.3) is 0 Å². The Hall–Kier alpha value is -2.37. The number of likely N-dealkylation sites (N-methyl/N-ethyl adjacent to an activating group) is 1. The van der Waals surface area contributed by atoms with E-state index < -0.39 is 11.9 Å². The second kappa shape index (κ2) is 6.17. The molecule has 2 N–H and O–H groups in total. The minimum absolute atomic E-state index is 0.368. The van der Waals surface area contributed by atoms with Gasteiger partial charge in [-0.15, -0.1) is 0 Å². The molecule has 4 aliphatic rings. The first-order chi connectivity index (χ1) is 12.0. The summed E-state index contributed by atoms with van der Waals surface area (Å²) in [4.78, 5) is 33.0. The molecular formula is C19H24N4O2. The Balaban J connectivity index is 1.82.